The van der Waals surface area contributed by atoms with Gasteiger partial charge in [0.15, 0.2) is 0 Å². The number of furan rings is 2. The van der Waals surface area contributed by atoms with Crippen molar-refractivity contribution in [3.8, 4) is 66.8 Å². The number of benzene rings is 20. The molecule has 2 aromatic heterocycles. The highest BCUT2D eigenvalue weighted by Crippen LogP contribution is 2.51. The van der Waals surface area contributed by atoms with Crippen molar-refractivity contribution >= 4 is 152 Å². The molecule has 0 unspecified atom stereocenters. The van der Waals surface area contributed by atoms with Gasteiger partial charge in [-0.2, -0.15) is 0 Å². The monoisotopic (exact) mass is 1310 g/mol. The summed E-state index contributed by atoms with van der Waals surface area (Å²) >= 11 is 0. The highest BCUT2D eigenvalue weighted by Gasteiger charge is 2.24. The molecule has 0 bridgehead atoms. The Bertz CT molecular complexity index is 8120. The van der Waals surface area contributed by atoms with Crippen LogP contribution in [0.15, 0.2) is 372 Å². The van der Waals surface area contributed by atoms with Crippen molar-refractivity contribution in [1.82, 2.24) is 0 Å². The van der Waals surface area contributed by atoms with Gasteiger partial charge in [-0.25, -0.2) is 0 Å². The summed E-state index contributed by atoms with van der Waals surface area (Å²) in [7, 11) is 0. The predicted molar refractivity (Wildman–Crippen MR) is 435 cm³/mol. The summed E-state index contributed by atoms with van der Waals surface area (Å²) in [5.41, 5.74) is 10.5. The average Bonchev–Trinajstić information content (AvgIpc) is 0.772. The predicted octanol–water partition coefficient (Wildman–Crippen LogP) is 28.7. The number of hydrogen-bond acceptors (Lipinski definition) is 2. The highest BCUT2D eigenvalue weighted by molar-refractivity contribution is 6.28. The van der Waals surface area contributed by atoms with Gasteiger partial charge in [-0.1, -0.05) is 321 Å². The normalized spacial score (nSPS) is 14.1. The summed E-state index contributed by atoms with van der Waals surface area (Å²) in [5.74, 6) is 0. The van der Waals surface area contributed by atoms with Crippen molar-refractivity contribution in [2.24, 2.45) is 0 Å². The number of rotatable bonds is 6. The lowest BCUT2D eigenvalue weighted by Crippen LogP contribution is -1.93. The van der Waals surface area contributed by atoms with Gasteiger partial charge in [0.1, 0.15) is 22.3 Å². The van der Waals surface area contributed by atoms with E-state index >= 15 is 0 Å². The summed E-state index contributed by atoms with van der Waals surface area (Å²) in [4.78, 5) is 0. The standard InChI is InChI=1S/2C50H30O/c1-3-15-34-31(12-1)14-11-23-39(34)48-40-19-7-9-21-42(40)49(43-22-10-8-20-41(43)48)44-27-26-35(37-17-5-6-18-38(37)44)33-25-28-46-45(30-33)50-36-16-4-2-13-32(36)24-29-47(50)51-46;1-2-13-33-29-35(22-21-31(33)11-1)48-40-17-7-9-19-42(40)49(43-20-10-8-18-41(43)48)44-26-25-36(38-15-5-6-16-39(38)44)34-24-27-46-45(30-34)50-37-14-4-3-12-32(37)23-28-47(50)51-46/h2*1-30H/i7D,8D,9D,10D,19D,20D,21D,22D;7D,8D,9D,10D,17D,18D,19D,20D. The van der Waals surface area contributed by atoms with E-state index < -0.39 is 48.3 Å². The minimum atomic E-state index is -0.429. The molecule has 22 rings (SSSR count). The van der Waals surface area contributed by atoms with Crippen LogP contribution in [0.2, 0.25) is 0 Å². The van der Waals surface area contributed by atoms with Crippen molar-refractivity contribution in [2.75, 3.05) is 0 Å². The SMILES string of the molecule is [2H]c1c([2H])c([2H])c2c(-c3ccc(-c4ccc5oc6ccc7ccccc7c6c5c4)c4ccccc34)c3c([2H])c([2H])c([2H])c([2H])c3c(-c3ccc4ccccc4c3)c2c1[2H].[2H]c1c([2H])c([2H])c2c(-c3ccc(-c4ccc5oc6ccc7ccccc7c6c5c4)c4ccccc34)c3c([2H])c([2H])c([2H])c([2H])c3c(-c3cccc4ccccc34)c2c1[2H]. The van der Waals surface area contributed by atoms with Gasteiger partial charge in [0, 0.05) is 21.5 Å². The van der Waals surface area contributed by atoms with Gasteiger partial charge in [0.2, 0.25) is 0 Å². The second-order valence-electron chi connectivity index (χ2n) is 25.9. The lowest BCUT2D eigenvalue weighted by atomic mass is 9.83. The Labute approximate surface area is 609 Å². The van der Waals surface area contributed by atoms with E-state index in [4.69, 9.17) is 19.8 Å². The molecule has 0 spiro atoms. The molecule has 2 heterocycles. The minimum absolute atomic E-state index is 0.188. The quantitative estimate of drug-likeness (QED) is 0.155. The summed E-state index contributed by atoms with van der Waals surface area (Å²) in [6.07, 6.45) is 0. The van der Waals surface area contributed by atoms with Gasteiger partial charge in [-0.05, 0) is 217 Å². The van der Waals surface area contributed by atoms with Crippen molar-refractivity contribution in [2.45, 2.75) is 0 Å². The molecule has 22 aromatic rings. The number of fused-ring (bicyclic) bond motifs is 18. The Morgan fingerprint density at radius 2 is 0.480 bits per heavy atom. The van der Waals surface area contributed by atoms with E-state index in [0.717, 1.165) is 131 Å². The summed E-state index contributed by atoms with van der Waals surface area (Å²) < 4.78 is 160. The van der Waals surface area contributed by atoms with Gasteiger partial charge in [-0.15, -0.1) is 0 Å². The molecule has 0 radical (unpaired) electrons. The highest BCUT2D eigenvalue weighted by atomic mass is 16.3. The van der Waals surface area contributed by atoms with Crippen molar-refractivity contribution < 1.29 is 30.8 Å². The molecule has 0 aliphatic rings. The zero-order chi connectivity index (χ0) is 80.9. The number of hydrogen-bond donors (Lipinski definition) is 0. The smallest absolute Gasteiger partial charge is 0.136 e. The first-order chi connectivity index (χ1) is 57.3. The molecular weight excluding hydrogens is 1230 g/mol. The minimum Gasteiger partial charge on any atom is -0.456 e. The molecule has 0 saturated carbocycles. The van der Waals surface area contributed by atoms with Crippen molar-refractivity contribution in [3.63, 3.8) is 0 Å². The van der Waals surface area contributed by atoms with Crippen LogP contribution < -0.4 is 0 Å². The molecule has 2 nitrogen and oxygen atoms in total. The van der Waals surface area contributed by atoms with Crippen LogP contribution in [0.1, 0.15) is 21.9 Å². The van der Waals surface area contributed by atoms with E-state index in [0.29, 0.717) is 44.5 Å². The third-order valence-electron chi connectivity index (χ3n) is 20.6. The summed E-state index contributed by atoms with van der Waals surface area (Å²) in [5, 5.41) is 16.7. The maximum absolute atomic E-state index is 9.51. The molecule has 2 heteroatoms. The Balaban J connectivity index is 0.000000147. The van der Waals surface area contributed by atoms with E-state index in [1.807, 2.05) is 218 Å². The first-order valence-electron chi connectivity index (χ1n) is 41.9. The topological polar surface area (TPSA) is 26.3 Å². The Morgan fingerprint density at radius 1 is 0.176 bits per heavy atom. The molecule has 0 amide bonds. The lowest BCUT2D eigenvalue weighted by molar-refractivity contribution is 0.669. The Morgan fingerprint density at radius 3 is 0.922 bits per heavy atom. The maximum Gasteiger partial charge on any atom is 0.136 e. The first-order valence-corrected chi connectivity index (χ1v) is 33.9. The molecular formula is C100H60O2. The van der Waals surface area contributed by atoms with Crippen molar-refractivity contribution in [3.05, 3.63) is 364 Å². The van der Waals surface area contributed by atoms with Crippen LogP contribution >= 0.6 is 0 Å². The Kier molecular flexibility index (Phi) is 9.92. The second kappa shape index (κ2) is 23.1. The van der Waals surface area contributed by atoms with E-state index in [1.54, 1.807) is 0 Å². The fraction of sp³-hybridized carbons (Fsp3) is 0. The summed E-state index contributed by atoms with van der Waals surface area (Å²) in [6.45, 7) is 0. The fourth-order valence-corrected chi connectivity index (χ4v) is 16.1. The van der Waals surface area contributed by atoms with Crippen LogP contribution in [-0.2, 0) is 0 Å². The van der Waals surface area contributed by atoms with Gasteiger partial charge >= 0.3 is 0 Å². The molecule has 0 fully saturated rings. The van der Waals surface area contributed by atoms with E-state index in [9.17, 15) is 11.0 Å². The fourth-order valence-electron chi connectivity index (χ4n) is 16.1. The van der Waals surface area contributed by atoms with Gasteiger partial charge in [-0.3, -0.25) is 0 Å². The molecule has 472 valence electrons. The van der Waals surface area contributed by atoms with Gasteiger partial charge in [0.25, 0.3) is 0 Å². The Hall–Kier alpha value is -13.4. The maximum atomic E-state index is 9.51. The molecule has 0 atom stereocenters. The van der Waals surface area contributed by atoms with E-state index in [1.165, 1.54) is 0 Å². The molecule has 20 aromatic carbocycles. The van der Waals surface area contributed by atoms with Crippen LogP contribution in [0.25, 0.3) is 218 Å². The summed E-state index contributed by atoms with van der Waals surface area (Å²) in [6, 6.07) is 81.5. The molecule has 0 N–H and O–H groups in total. The third-order valence-corrected chi connectivity index (χ3v) is 20.6. The van der Waals surface area contributed by atoms with Crippen LogP contribution in [0.3, 0.4) is 0 Å². The molecule has 0 aliphatic carbocycles. The lowest BCUT2D eigenvalue weighted by Gasteiger charge is -2.20. The van der Waals surface area contributed by atoms with Crippen molar-refractivity contribution in [1.29, 1.82) is 0 Å². The second-order valence-corrected chi connectivity index (χ2v) is 25.9. The van der Waals surface area contributed by atoms with Gasteiger partial charge < -0.3 is 8.83 Å². The zero-order valence-corrected chi connectivity index (χ0v) is 54.2. The van der Waals surface area contributed by atoms with Crippen LogP contribution in [0.4, 0.5) is 0 Å². The largest absolute Gasteiger partial charge is 0.456 e. The van der Waals surface area contributed by atoms with E-state index in [-0.39, 0.29) is 91.4 Å². The molecule has 0 saturated heterocycles. The molecule has 0 aliphatic heterocycles. The van der Waals surface area contributed by atoms with Crippen LogP contribution in [-0.4, -0.2) is 0 Å². The molecule has 102 heavy (non-hydrogen) atoms. The average molecular weight is 1310 g/mol. The van der Waals surface area contributed by atoms with Gasteiger partial charge in [0.05, 0.1) is 21.9 Å². The van der Waals surface area contributed by atoms with E-state index in [2.05, 4.69) is 48.5 Å². The first kappa shape index (κ1) is 43.8. The zero-order valence-electron chi connectivity index (χ0n) is 70.2. The van der Waals surface area contributed by atoms with Crippen LogP contribution in [0, 0.1) is 0 Å². The van der Waals surface area contributed by atoms with Crippen LogP contribution in [0.5, 0.6) is 0 Å². The third kappa shape index (κ3) is 9.00.